The van der Waals surface area contributed by atoms with Gasteiger partial charge >= 0.3 is 0 Å². The van der Waals surface area contributed by atoms with Crippen LogP contribution in [0.2, 0.25) is 0 Å². The van der Waals surface area contributed by atoms with Gasteiger partial charge in [-0.3, -0.25) is 9.69 Å². The van der Waals surface area contributed by atoms with Crippen molar-refractivity contribution >= 4 is 22.8 Å². The average molecular weight is 485 g/mol. The number of benzene rings is 1. The SMILES string of the molecule is CCn1c(-c2cnc(C)nc2)nc2c(-c3ccc4c(c3)[C@@](C)(N3CC(C)(OC)C3)C(=O)N4)ncnc21. The summed E-state index contributed by atoms with van der Waals surface area (Å²) in [7, 11) is 1.72. The van der Waals surface area contributed by atoms with Gasteiger partial charge in [-0.2, -0.15) is 0 Å². The number of aromatic nitrogens is 6. The van der Waals surface area contributed by atoms with Crippen molar-refractivity contribution in [3.05, 3.63) is 48.3 Å². The molecular formula is C26H28N8O2. The van der Waals surface area contributed by atoms with Crippen molar-refractivity contribution in [1.29, 1.82) is 0 Å². The van der Waals surface area contributed by atoms with Crippen LogP contribution >= 0.6 is 0 Å². The van der Waals surface area contributed by atoms with Gasteiger partial charge in [0.25, 0.3) is 0 Å². The summed E-state index contributed by atoms with van der Waals surface area (Å²) in [6, 6.07) is 5.97. The predicted molar refractivity (Wildman–Crippen MR) is 135 cm³/mol. The Morgan fingerprint density at radius 2 is 1.83 bits per heavy atom. The molecule has 0 unspecified atom stereocenters. The number of amides is 1. The largest absolute Gasteiger partial charge is 0.376 e. The first kappa shape index (κ1) is 22.7. The number of hydrogen-bond donors (Lipinski definition) is 1. The van der Waals surface area contributed by atoms with Gasteiger partial charge in [0.15, 0.2) is 5.65 Å². The van der Waals surface area contributed by atoms with Gasteiger partial charge in [-0.05, 0) is 39.8 Å². The van der Waals surface area contributed by atoms with Crippen LogP contribution in [0.15, 0.2) is 36.9 Å². The second-order valence-corrected chi connectivity index (χ2v) is 9.89. The molecule has 0 bridgehead atoms. The lowest BCUT2D eigenvalue weighted by atomic mass is 9.83. The van der Waals surface area contributed by atoms with Crippen molar-refractivity contribution in [2.24, 2.45) is 0 Å². The molecule has 4 aromatic rings. The van der Waals surface area contributed by atoms with E-state index in [4.69, 9.17) is 9.72 Å². The Bertz CT molecular complexity index is 1510. The first-order chi connectivity index (χ1) is 17.3. The molecule has 1 N–H and O–H groups in total. The number of aryl methyl sites for hydroxylation is 2. The summed E-state index contributed by atoms with van der Waals surface area (Å²) < 4.78 is 7.67. The van der Waals surface area contributed by atoms with Gasteiger partial charge in [0.05, 0.1) is 11.2 Å². The fourth-order valence-corrected chi connectivity index (χ4v) is 5.27. The molecule has 0 aliphatic carbocycles. The lowest BCUT2D eigenvalue weighted by molar-refractivity contribution is -0.160. The smallest absolute Gasteiger partial charge is 0.249 e. The number of fused-ring (bicyclic) bond motifs is 2. The zero-order valence-corrected chi connectivity index (χ0v) is 21.0. The fourth-order valence-electron chi connectivity index (χ4n) is 5.27. The van der Waals surface area contributed by atoms with Crippen LogP contribution in [0.4, 0.5) is 5.69 Å². The Hall–Kier alpha value is -3.76. The summed E-state index contributed by atoms with van der Waals surface area (Å²) in [5.74, 6) is 1.42. The van der Waals surface area contributed by atoms with E-state index in [-0.39, 0.29) is 11.5 Å². The second-order valence-electron chi connectivity index (χ2n) is 9.89. The van der Waals surface area contributed by atoms with Crippen LogP contribution in [-0.2, 0) is 21.6 Å². The van der Waals surface area contributed by atoms with Crippen molar-refractivity contribution in [3.8, 4) is 22.6 Å². The Morgan fingerprint density at radius 3 is 2.53 bits per heavy atom. The zero-order chi connectivity index (χ0) is 25.2. The van der Waals surface area contributed by atoms with Crippen LogP contribution in [0, 0.1) is 6.92 Å². The number of nitrogens with one attached hydrogen (secondary N) is 1. The van der Waals surface area contributed by atoms with E-state index in [0.29, 0.717) is 31.0 Å². The zero-order valence-electron chi connectivity index (χ0n) is 21.0. The molecule has 1 fully saturated rings. The molecule has 184 valence electrons. The van der Waals surface area contributed by atoms with Crippen molar-refractivity contribution in [3.63, 3.8) is 0 Å². The Labute approximate surface area is 208 Å². The lowest BCUT2D eigenvalue weighted by Crippen LogP contribution is -2.68. The van der Waals surface area contributed by atoms with Crippen LogP contribution in [0.1, 0.15) is 32.2 Å². The number of anilines is 1. The van der Waals surface area contributed by atoms with Gasteiger partial charge in [0.1, 0.15) is 34.7 Å². The third kappa shape index (κ3) is 3.17. The Balaban J connectivity index is 1.47. The number of rotatable bonds is 5. The van der Waals surface area contributed by atoms with E-state index in [2.05, 4.69) is 50.1 Å². The molecule has 36 heavy (non-hydrogen) atoms. The van der Waals surface area contributed by atoms with E-state index in [9.17, 15) is 4.79 Å². The molecule has 0 spiro atoms. The standard InChI is InChI=1S/C26H28N8O2/c1-6-34-22(17-10-27-15(2)28-11-17)32-21-20(29-14-30-23(21)34)16-7-8-19-18(9-16)26(4,24(35)31-19)33-12-25(3,13-33)36-5/h7-11,14H,6,12-13H2,1-5H3,(H,31,35)/t26-/m1/s1. The monoisotopic (exact) mass is 484 g/mol. The maximum atomic E-state index is 13.2. The number of nitrogens with zero attached hydrogens (tertiary/aromatic N) is 7. The molecule has 0 saturated carbocycles. The molecular weight excluding hydrogens is 456 g/mol. The van der Waals surface area contributed by atoms with Crippen LogP contribution < -0.4 is 5.32 Å². The minimum Gasteiger partial charge on any atom is -0.376 e. The average Bonchev–Trinajstić information content (AvgIpc) is 3.37. The van der Waals surface area contributed by atoms with Crippen molar-refractivity contribution < 1.29 is 9.53 Å². The molecule has 2 aliphatic heterocycles. The third-order valence-electron chi connectivity index (χ3n) is 7.57. The fraction of sp³-hybridized carbons (Fsp3) is 0.385. The second kappa shape index (κ2) is 7.87. The number of imidazole rings is 1. The first-order valence-electron chi connectivity index (χ1n) is 12.0. The van der Waals surface area contributed by atoms with Gasteiger partial charge in [-0.1, -0.05) is 6.07 Å². The number of ether oxygens (including phenoxy) is 1. The van der Waals surface area contributed by atoms with Gasteiger partial charge in [-0.25, -0.2) is 24.9 Å². The van der Waals surface area contributed by atoms with Crippen LogP contribution in [0.25, 0.3) is 33.8 Å². The number of carbonyl (C=O) groups excluding carboxylic acids is 1. The molecule has 3 aromatic heterocycles. The van der Waals surface area contributed by atoms with Gasteiger partial charge in [-0.15, -0.1) is 0 Å². The lowest BCUT2D eigenvalue weighted by Gasteiger charge is -2.53. The highest BCUT2D eigenvalue weighted by Crippen LogP contribution is 2.46. The maximum absolute atomic E-state index is 13.2. The summed E-state index contributed by atoms with van der Waals surface area (Å²) >= 11 is 0. The van der Waals surface area contributed by atoms with E-state index in [0.717, 1.165) is 39.5 Å². The highest BCUT2D eigenvalue weighted by Gasteiger charge is 2.55. The van der Waals surface area contributed by atoms with Crippen LogP contribution in [0.5, 0.6) is 0 Å². The predicted octanol–water partition coefficient (Wildman–Crippen LogP) is 3.17. The van der Waals surface area contributed by atoms with Gasteiger partial charge < -0.3 is 14.6 Å². The highest BCUT2D eigenvalue weighted by atomic mass is 16.5. The molecule has 5 heterocycles. The van der Waals surface area contributed by atoms with E-state index in [1.807, 2.05) is 30.5 Å². The van der Waals surface area contributed by atoms with E-state index in [1.165, 1.54) is 0 Å². The minimum absolute atomic E-state index is 0.0300. The summed E-state index contributed by atoms with van der Waals surface area (Å²) in [5.41, 5.74) is 4.58. The normalized spacial score (nSPS) is 20.9. The highest BCUT2D eigenvalue weighted by molar-refractivity contribution is 6.06. The third-order valence-corrected chi connectivity index (χ3v) is 7.57. The Morgan fingerprint density at radius 1 is 1.08 bits per heavy atom. The molecule has 1 atom stereocenters. The first-order valence-corrected chi connectivity index (χ1v) is 12.0. The van der Waals surface area contributed by atoms with Gasteiger partial charge in [0, 0.05) is 56.0 Å². The van der Waals surface area contributed by atoms with E-state index < -0.39 is 5.54 Å². The van der Waals surface area contributed by atoms with Crippen LogP contribution in [-0.4, -0.2) is 66.1 Å². The Kier molecular flexibility index (Phi) is 4.96. The molecule has 1 saturated heterocycles. The molecule has 0 radical (unpaired) electrons. The van der Waals surface area contributed by atoms with Crippen LogP contribution in [0.3, 0.4) is 0 Å². The summed E-state index contributed by atoms with van der Waals surface area (Å²) in [4.78, 5) is 38.1. The van der Waals surface area contributed by atoms with Gasteiger partial charge in [0.2, 0.25) is 5.91 Å². The summed E-state index contributed by atoms with van der Waals surface area (Å²) in [6.07, 6.45) is 5.12. The molecule has 10 heteroatoms. The van der Waals surface area contributed by atoms with E-state index in [1.54, 1.807) is 25.8 Å². The molecule has 10 nitrogen and oxygen atoms in total. The van der Waals surface area contributed by atoms with Crippen molar-refractivity contribution in [1.82, 2.24) is 34.4 Å². The number of likely N-dealkylation sites (tertiary alicyclic amines) is 1. The summed E-state index contributed by atoms with van der Waals surface area (Å²) in [6.45, 7) is 9.99. The number of hydrogen-bond acceptors (Lipinski definition) is 8. The number of carbonyl (C=O) groups is 1. The molecule has 1 amide bonds. The molecule has 1 aromatic carbocycles. The number of methoxy groups -OCH3 is 1. The van der Waals surface area contributed by atoms with Crippen molar-refractivity contribution in [2.45, 2.75) is 45.4 Å². The quantitative estimate of drug-likeness (QED) is 0.460. The maximum Gasteiger partial charge on any atom is 0.249 e. The molecule has 2 aliphatic rings. The topological polar surface area (TPSA) is 111 Å². The summed E-state index contributed by atoms with van der Waals surface area (Å²) in [5, 5.41) is 3.06. The molecule has 6 rings (SSSR count). The van der Waals surface area contributed by atoms with E-state index >= 15 is 0 Å². The minimum atomic E-state index is -0.789. The van der Waals surface area contributed by atoms with Crippen molar-refractivity contribution in [2.75, 3.05) is 25.5 Å².